The van der Waals surface area contributed by atoms with Gasteiger partial charge in [0.05, 0.1) is 23.0 Å². The van der Waals surface area contributed by atoms with Crippen molar-refractivity contribution in [3.63, 3.8) is 0 Å². The molecular weight excluding hydrogens is 240 g/mol. The zero-order valence-corrected chi connectivity index (χ0v) is 10.5. The van der Waals surface area contributed by atoms with Gasteiger partial charge in [-0.05, 0) is 31.9 Å². The molecule has 1 atom stereocenters. The van der Waals surface area contributed by atoms with E-state index >= 15 is 0 Å². The largest absolute Gasteiger partial charge is 0.293 e. The van der Waals surface area contributed by atoms with Gasteiger partial charge in [-0.2, -0.15) is 10.4 Å². The lowest BCUT2D eigenvalue weighted by atomic mass is 9.86. The predicted octanol–water partition coefficient (Wildman–Crippen LogP) is 1.84. The number of pyridine rings is 1. The number of nitrogens with zero attached hydrogens (tertiary/aromatic N) is 4. The SMILES string of the molecule is Cc1nn(-c2ccccn2)c2c1C(=O)C(C#N)CC2. The molecule has 0 N–H and O–H groups in total. The summed E-state index contributed by atoms with van der Waals surface area (Å²) in [4.78, 5) is 16.5. The van der Waals surface area contributed by atoms with Crippen LogP contribution in [0.4, 0.5) is 0 Å². The third-order valence-corrected chi connectivity index (χ3v) is 3.41. The quantitative estimate of drug-likeness (QED) is 0.776. The molecule has 0 radical (unpaired) electrons. The van der Waals surface area contributed by atoms with E-state index < -0.39 is 5.92 Å². The number of aryl methyl sites for hydroxylation is 1. The van der Waals surface area contributed by atoms with Crippen LogP contribution in [0.1, 0.15) is 28.2 Å². The van der Waals surface area contributed by atoms with E-state index in [2.05, 4.69) is 16.2 Å². The van der Waals surface area contributed by atoms with Crippen LogP contribution in [-0.2, 0) is 6.42 Å². The van der Waals surface area contributed by atoms with Gasteiger partial charge in [0.1, 0.15) is 5.92 Å². The number of rotatable bonds is 1. The van der Waals surface area contributed by atoms with E-state index in [0.29, 0.717) is 29.9 Å². The highest BCUT2D eigenvalue weighted by Gasteiger charge is 2.32. The maximum Gasteiger partial charge on any atom is 0.183 e. The molecule has 94 valence electrons. The first-order valence-corrected chi connectivity index (χ1v) is 6.16. The number of Topliss-reactive ketones (excluding diaryl/α,β-unsaturated/α-hetero) is 1. The van der Waals surface area contributed by atoms with Crippen LogP contribution >= 0.6 is 0 Å². The van der Waals surface area contributed by atoms with Crippen molar-refractivity contribution in [2.45, 2.75) is 19.8 Å². The van der Waals surface area contributed by atoms with Crippen LogP contribution in [0.15, 0.2) is 24.4 Å². The first-order chi connectivity index (χ1) is 9.22. The predicted molar refractivity (Wildman–Crippen MR) is 67.9 cm³/mol. The van der Waals surface area contributed by atoms with Gasteiger partial charge in [-0.25, -0.2) is 9.67 Å². The van der Waals surface area contributed by atoms with E-state index in [9.17, 15) is 4.79 Å². The Morgan fingerprint density at radius 3 is 3.00 bits per heavy atom. The van der Waals surface area contributed by atoms with E-state index in [1.54, 1.807) is 17.8 Å². The zero-order chi connectivity index (χ0) is 13.4. The molecule has 5 heteroatoms. The standard InChI is InChI=1S/C14H12N4O/c1-9-13-11(6-5-10(8-15)14(13)19)18(17-9)12-4-2-3-7-16-12/h2-4,7,10H,5-6H2,1H3. The second kappa shape index (κ2) is 4.32. The van der Waals surface area contributed by atoms with Crippen molar-refractivity contribution in [2.24, 2.45) is 5.92 Å². The Bertz CT molecular complexity index is 681. The minimum Gasteiger partial charge on any atom is -0.293 e. The van der Waals surface area contributed by atoms with E-state index in [-0.39, 0.29) is 5.78 Å². The Hall–Kier alpha value is -2.48. The van der Waals surface area contributed by atoms with Gasteiger partial charge in [0, 0.05) is 6.20 Å². The van der Waals surface area contributed by atoms with Crippen LogP contribution in [-0.4, -0.2) is 20.5 Å². The number of carbonyl (C=O) groups is 1. The summed E-state index contributed by atoms with van der Waals surface area (Å²) in [7, 11) is 0. The molecule has 0 amide bonds. The normalized spacial score (nSPS) is 17.9. The maximum absolute atomic E-state index is 12.2. The summed E-state index contributed by atoms with van der Waals surface area (Å²) in [5.74, 6) is 0.0612. The van der Waals surface area contributed by atoms with Gasteiger partial charge in [0.2, 0.25) is 0 Å². The second-order valence-electron chi connectivity index (χ2n) is 4.59. The lowest BCUT2D eigenvalue weighted by Crippen LogP contribution is -2.22. The Morgan fingerprint density at radius 2 is 2.32 bits per heavy atom. The van der Waals surface area contributed by atoms with Crippen LogP contribution in [0.2, 0.25) is 0 Å². The summed E-state index contributed by atoms with van der Waals surface area (Å²) >= 11 is 0. The highest BCUT2D eigenvalue weighted by Crippen LogP contribution is 2.28. The molecule has 1 aliphatic rings. The molecule has 5 nitrogen and oxygen atoms in total. The smallest absolute Gasteiger partial charge is 0.183 e. The Morgan fingerprint density at radius 1 is 1.47 bits per heavy atom. The van der Waals surface area contributed by atoms with Crippen molar-refractivity contribution in [2.75, 3.05) is 0 Å². The van der Waals surface area contributed by atoms with Crippen molar-refractivity contribution >= 4 is 5.78 Å². The summed E-state index contributed by atoms with van der Waals surface area (Å²) < 4.78 is 1.72. The van der Waals surface area contributed by atoms with Crippen LogP contribution in [0, 0.1) is 24.2 Å². The molecule has 3 rings (SSSR count). The molecular formula is C14H12N4O. The minimum atomic E-state index is -0.535. The molecule has 0 fully saturated rings. The fraction of sp³-hybridized carbons (Fsp3) is 0.286. The van der Waals surface area contributed by atoms with Crippen molar-refractivity contribution < 1.29 is 4.79 Å². The van der Waals surface area contributed by atoms with E-state index in [1.165, 1.54) is 0 Å². The number of ketones is 1. The maximum atomic E-state index is 12.2. The van der Waals surface area contributed by atoms with E-state index in [1.807, 2.05) is 18.2 Å². The van der Waals surface area contributed by atoms with Gasteiger partial charge in [0.15, 0.2) is 11.6 Å². The van der Waals surface area contributed by atoms with Crippen LogP contribution in [0.5, 0.6) is 0 Å². The average Bonchev–Trinajstić information content (AvgIpc) is 2.78. The first-order valence-electron chi connectivity index (χ1n) is 6.16. The van der Waals surface area contributed by atoms with E-state index in [4.69, 9.17) is 5.26 Å². The number of fused-ring (bicyclic) bond motifs is 1. The Kier molecular flexibility index (Phi) is 2.64. The first kappa shape index (κ1) is 11.6. The van der Waals surface area contributed by atoms with Crippen molar-refractivity contribution in [3.05, 3.63) is 41.3 Å². The number of hydrogen-bond acceptors (Lipinski definition) is 4. The lowest BCUT2D eigenvalue weighted by molar-refractivity contribution is 0.0933. The van der Waals surface area contributed by atoms with Gasteiger partial charge in [-0.1, -0.05) is 6.07 Å². The fourth-order valence-electron chi connectivity index (χ4n) is 2.50. The van der Waals surface area contributed by atoms with Gasteiger partial charge < -0.3 is 0 Å². The summed E-state index contributed by atoms with van der Waals surface area (Å²) in [6.45, 7) is 1.80. The molecule has 2 aromatic rings. The summed E-state index contributed by atoms with van der Waals surface area (Å²) in [6.07, 6.45) is 2.93. The van der Waals surface area contributed by atoms with Gasteiger partial charge >= 0.3 is 0 Å². The van der Waals surface area contributed by atoms with Crippen molar-refractivity contribution in [1.29, 1.82) is 5.26 Å². The van der Waals surface area contributed by atoms with Crippen molar-refractivity contribution in [3.8, 4) is 11.9 Å². The molecule has 0 spiro atoms. The summed E-state index contributed by atoms with van der Waals surface area (Å²) in [6, 6.07) is 7.64. The average molecular weight is 252 g/mol. The third kappa shape index (κ3) is 1.73. The molecule has 0 saturated heterocycles. The lowest BCUT2D eigenvalue weighted by Gasteiger charge is -2.16. The topological polar surface area (TPSA) is 71.6 Å². The molecule has 0 saturated carbocycles. The molecule has 0 bridgehead atoms. The number of carbonyl (C=O) groups excluding carboxylic acids is 1. The zero-order valence-electron chi connectivity index (χ0n) is 10.5. The second-order valence-corrected chi connectivity index (χ2v) is 4.59. The van der Waals surface area contributed by atoms with Gasteiger partial charge in [0.25, 0.3) is 0 Å². The summed E-state index contributed by atoms with van der Waals surface area (Å²) in [5.41, 5.74) is 2.14. The molecule has 0 aliphatic heterocycles. The van der Waals surface area contributed by atoms with Gasteiger partial charge in [-0.3, -0.25) is 4.79 Å². The van der Waals surface area contributed by atoms with Crippen molar-refractivity contribution in [1.82, 2.24) is 14.8 Å². The highest BCUT2D eigenvalue weighted by atomic mass is 16.1. The molecule has 2 aromatic heterocycles. The molecule has 2 heterocycles. The molecule has 1 aliphatic carbocycles. The molecule has 19 heavy (non-hydrogen) atoms. The van der Waals surface area contributed by atoms with Gasteiger partial charge in [-0.15, -0.1) is 0 Å². The number of nitriles is 1. The summed E-state index contributed by atoms with van der Waals surface area (Å²) in [5, 5.41) is 13.4. The molecule has 1 unspecified atom stereocenters. The fourth-order valence-corrected chi connectivity index (χ4v) is 2.50. The third-order valence-electron chi connectivity index (χ3n) is 3.41. The molecule has 0 aromatic carbocycles. The Labute approximate surface area is 110 Å². The monoisotopic (exact) mass is 252 g/mol. The minimum absolute atomic E-state index is 0.108. The number of aromatic nitrogens is 3. The van der Waals surface area contributed by atoms with Crippen LogP contribution in [0.25, 0.3) is 5.82 Å². The number of hydrogen-bond donors (Lipinski definition) is 0. The van der Waals surface area contributed by atoms with Crippen LogP contribution < -0.4 is 0 Å². The van der Waals surface area contributed by atoms with E-state index in [0.717, 1.165) is 5.69 Å². The Balaban J connectivity index is 2.16. The van der Waals surface area contributed by atoms with Crippen LogP contribution in [0.3, 0.4) is 0 Å². The highest BCUT2D eigenvalue weighted by molar-refractivity contribution is 6.02.